The Morgan fingerprint density at radius 1 is 0.549 bits per heavy atom. The molecule has 8 aromatic rings. The number of nitrogens with zero attached hydrogens (tertiary/aromatic N) is 2. The smallest absolute Gasteiger partial charge is 0.273 e. The third kappa shape index (κ3) is 5.76. The fourth-order valence-electron chi connectivity index (χ4n) is 7.84. The lowest BCUT2D eigenvalue weighted by molar-refractivity contribution is 0.0542. The van der Waals surface area contributed by atoms with Crippen LogP contribution in [-0.2, 0) is 44.6 Å². The quantitative estimate of drug-likeness (QED) is 0.0646. The average Bonchev–Trinajstić information content (AvgIpc) is 3.93. The van der Waals surface area contributed by atoms with Gasteiger partial charge in [0.15, 0.2) is 0 Å². The lowest BCUT2D eigenvalue weighted by Gasteiger charge is -2.09. The zero-order valence-corrected chi connectivity index (χ0v) is 32.2. The van der Waals surface area contributed by atoms with E-state index in [9.17, 15) is 9.59 Å². The molecule has 8 rings (SSSR count). The van der Waals surface area contributed by atoms with Gasteiger partial charge >= 0.3 is 0 Å². The van der Waals surface area contributed by atoms with Gasteiger partial charge in [-0.25, -0.2) is 0 Å². The highest BCUT2D eigenvalue weighted by atomic mass is 32.1. The molecule has 0 fully saturated rings. The minimum atomic E-state index is -0.00851. The van der Waals surface area contributed by atoms with Gasteiger partial charge < -0.3 is 18.9 Å². The molecule has 0 spiro atoms. The number of rotatable bonds is 18. The highest BCUT2D eigenvalue weighted by Gasteiger charge is 2.27. The van der Waals surface area contributed by atoms with E-state index in [1.54, 1.807) is 34.0 Å². The second-order valence-electron chi connectivity index (χ2n) is 13.1. The Morgan fingerprint density at radius 2 is 1.06 bits per heavy atom. The first-order valence-electron chi connectivity index (χ1n) is 18.3. The molecule has 0 aliphatic rings. The first-order chi connectivity index (χ1) is 25.0. The molecule has 0 aliphatic heterocycles. The maximum Gasteiger partial charge on any atom is 0.273 e. The van der Waals surface area contributed by atoms with Crippen molar-refractivity contribution in [3.05, 3.63) is 65.9 Å². The zero-order chi connectivity index (χ0) is 35.2. The Morgan fingerprint density at radius 3 is 1.63 bits per heavy atom. The molecule has 51 heavy (non-hydrogen) atoms. The molecule has 0 aliphatic carbocycles. The maximum absolute atomic E-state index is 14.7. The SMILES string of the molecule is CCCc1c(CCOCCOCC)sc2cc3c4ccc5c(=O)n6c(cc7sc(CCOCCOCC)c(CCC)c76)c6sc(c(=O)n3c12)c4c56. The summed E-state index contributed by atoms with van der Waals surface area (Å²) < 4.78 is 30.5. The predicted molar refractivity (Wildman–Crippen MR) is 214 cm³/mol. The number of benzene rings is 1. The topological polar surface area (TPSA) is 79.9 Å². The molecule has 7 heterocycles. The van der Waals surface area contributed by atoms with Gasteiger partial charge in [0.2, 0.25) is 0 Å². The van der Waals surface area contributed by atoms with Gasteiger partial charge in [-0.1, -0.05) is 32.8 Å². The molecule has 0 saturated heterocycles. The Balaban J connectivity index is 1.27. The molecule has 0 bridgehead atoms. The Labute approximate surface area is 307 Å². The van der Waals surface area contributed by atoms with E-state index in [1.165, 1.54) is 20.9 Å². The fraction of sp³-hybridized carbons (Fsp3) is 0.450. The van der Waals surface area contributed by atoms with Crippen LogP contribution < -0.4 is 11.1 Å². The summed E-state index contributed by atoms with van der Waals surface area (Å²) in [7, 11) is 0. The van der Waals surface area contributed by atoms with Crippen LogP contribution in [0.5, 0.6) is 0 Å². The van der Waals surface area contributed by atoms with Gasteiger partial charge in [0.25, 0.3) is 11.1 Å². The Hall–Kier alpha value is -3.16. The molecule has 0 N–H and O–H groups in total. The van der Waals surface area contributed by atoms with E-state index in [1.807, 2.05) is 28.7 Å². The summed E-state index contributed by atoms with van der Waals surface area (Å²) >= 11 is 5.10. The molecule has 7 aromatic heterocycles. The van der Waals surface area contributed by atoms with E-state index in [0.29, 0.717) is 58.2 Å². The van der Waals surface area contributed by atoms with Crippen LogP contribution in [0.4, 0.5) is 0 Å². The van der Waals surface area contributed by atoms with Gasteiger partial charge in [-0.3, -0.25) is 18.4 Å². The van der Waals surface area contributed by atoms with Crippen molar-refractivity contribution in [2.75, 3.05) is 52.9 Å². The first-order valence-corrected chi connectivity index (χ1v) is 20.8. The minimum Gasteiger partial charge on any atom is -0.379 e. The van der Waals surface area contributed by atoms with Crippen molar-refractivity contribution in [1.82, 2.24) is 8.80 Å². The predicted octanol–water partition coefficient (Wildman–Crippen LogP) is 8.83. The standard InChI is InChI=1S/C40H44N2O6S3/c1-5-9-24-29(13-15-47-19-17-45-7-3)49-31-21-27-23-11-12-26-34-33(23)38(40(44)41(27)35(24)31)51-37(34)28-22-32-36(42(28)39(26)43)25(10-6-2)30(50-32)14-16-48-20-18-46-8-4/h11-12,21-22H,5-10,13-20H2,1-4H3. The van der Waals surface area contributed by atoms with E-state index in [4.69, 9.17) is 18.9 Å². The summed E-state index contributed by atoms with van der Waals surface area (Å²) in [6.45, 7) is 13.4. The summed E-state index contributed by atoms with van der Waals surface area (Å²) in [5, 5.41) is 3.57. The van der Waals surface area contributed by atoms with Gasteiger partial charge in [0.05, 0.1) is 75.8 Å². The fourth-order valence-corrected chi connectivity index (χ4v) is 11.6. The summed E-state index contributed by atoms with van der Waals surface area (Å²) in [5.41, 5.74) is 6.39. The summed E-state index contributed by atoms with van der Waals surface area (Å²) in [5.74, 6) is 0. The van der Waals surface area contributed by atoms with Crippen LogP contribution in [0.3, 0.4) is 0 Å². The van der Waals surface area contributed by atoms with Crippen LogP contribution in [0.1, 0.15) is 61.4 Å². The van der Waals surface area contributed by atoms with Gasteiger partial charge in [0.1, 0.15) is 4.70 Å². The van der Waals surface area contributed by atoms with E-state index >= 15 is 0 Å². The number of hydrogen-bond donors (Lipinski definition) is 0. The van der Waals surface area contributed by atoms with Gasteiger partial charge in [-0.2, -0.15) is 0 Å². The van der Waals surface area contributed by atoms with E-state index in [0.717, 1.165) is 95.6 Å². The number of aryl methyl sites for hydroxylation is 2. The van der Waals surface area contributed by atoms with Crippen molar-refractivity contribution >= 4 is 96.4 Å². The normalized spacial score (nSPS) is 12.7. The maximum atomic E-state index is 14.7. The summed E-state index contributed by atoms with van der Waals surface area (Å²) in [6.07, 6.45) is 5.40. The highest BCUT2D eigenvalue weighted by molar-refractivity contribution is 7.27. The monoisotopic (exact) mass is 744 g/mol. The second-order valence-corrected chi connectivity index (χ2v) is 16.4. The van der Waals surface area contributed by atoms with Crippen LogP contribution >= 0.6 is 34.0 Å². The number of hydrogen-bond acceptors (Lipinski definition) is 9. The molecule has 1 aromatic carbocycles. The van der Waals surface area contributed by atoms with Gasteiger partial charge in [0, 0.05) is 57.4 Å². The Kier molecular flexibility index (Phi) is 10.1. The van der Waals surface area contributed by atoms with Crippen molar-refractivity contribution in [3.8, 4) is 0 Å². The van der Waals surface area contributed by atoms with Crippen LogP contribution in [0.25, 0.3) is 62.4 Å². The van der Waals surface area contributed by atoms with E-state index in [-0.39, 0.29) is 11.1 Å². The molecule has 0 saturated carbocycles. The number of thiophene rings is 3. The molecular weight excluding hydrogens is 701 g/mol. The van der Waals surface area contributed by atoms with Gasteiger partial charge in [-0.15, -0.1) is 34.0 Å². The number of aromatic nitrogens is 2. The van der Waals surface area contributed by atoms with Crippen molar-refractivity contribution in [2.24, 2.45) is 0 Å². The van der Waals surface area contributed by atoms with Crippen molar-refractivity contribution < 1.29 is 18.9 Å². The van der Waals surface area contributed by atoms with Crippen LogP contribution in [-0.4, -0.2) is 61.7 Å². The van der Waals surface area contributed by atoms with Crippen LogP contribution in [0.15, 0.2) is 33.9 Å². The molecule has 268 valence electrons. The zero-order valence-electron chi connectivity index (χ0n) is 29.8. The van der Waals surface area contributed by atoms with Crippen molar-refractivity contribution in [1.29, 1.82) is 0 Å². The third-order valence-electron chi connectivity index (χ3n) is 9.94. The lowest BCUT2D eigenvalue weighted by atomic mass is 10.0. The highest BCUT2D eigenvalue weighted by Crippen LogP contribution is 2.45. The average molecular weight is 745 g/mol. The molecule has 0 unspecified atom stereocenters. The number of pyridine rings is 2. The van der Waals surface area contributed by atoms with E-state index < -0.39 is 0 Å². The number of fused-ring (bicyclic) bond motifs is 8. The van der Waals surface area contributed by atoms with Gasteiger partial charge in [-0.05, 0) is 56.0 Å². The molecule has 0 atom stereocenters. The van der Waals surface area contributed by atoms with E-state index in [2.05, 4.69) is 32.0 Å². The lowest BCUT2D eigenvalue weighted by Crippen LogP contribution is -2.14. The summed E-state index contributed by atoms with van der Waals surface area (Å²) in [6, 6.07) is 8.44. The molecule has 8 nitrogen and oxygen atoms in total. The molecule has 0 radical (unpaired) electrons. The third-order valence-corrected chi connectivity index (χ3v) is 13.6. The number of ether oxygens (including phenoxy) is 4. The summed E-state index contributed by atoms with van der Waals surface area (Å²) in [4.78, 5) is 31.7. The minimum absolute atomic E-state index is 0.00753. The molecule has 0 amide bonds. The first kappa shape index (κ1) is 34.9. The Bertz CT molecular complexity index is 2610. The molecular formula is C40H44N2O6S3. The van der Waals surface area contributed by atoms with Crippen molar-refractivity contribution in [2.45, 2.75) is 66.2 Å². The largest absolute Gasteiger partial charge is 0.379 e. The van der Waals surface area contributed by atoms with Crippen LogP contribution in [0.2, 0.25) is 0 Å². The second kappa shape index (κ2) is 14.7. The molecule has 11 heteroatoms. The van der Waals surface area contributed by atoms with Crippen LogP contribution in [0, 0.1) is 0 Å². The van der Waals surface area contributed by atoms with Crippen molar-refractivity contribution in [3.63, 3.8) is 0 Å².